The number of aromatic nitrogens is 1. The number of carboxylic acid groups (broad SMARTS) is 1. The lowest BCUT2D eigenvalue weighted by atomic mass is 10.1. The molecule has 0 aliphatic rings. The van der Waals surface area contributed by atoms with Crippen molar-refractivity contribution in [2.24, 2.45) is 0 Å². The second-order valence-electron chi connectivity index (χ2n) is 4.68. The van der Waals surface area contributed by atoms with Gasteiger partial charge in [-0.1, -0.05) is 11.6 Å². The summed E-state index contributed by atoms with van der Waals surface area (Å²) in [4.78, 5) is 25.0. The van der Waals surface area contributed by atoms with Gasteiger partial charge < -0.3 is 9.51 Å². The fourth-order valence-corrected chi connectivity index (χ4v) is 3.65. The Balaban J connectivity index is 2.74. The summed E-state index contributed by atoms with van der Waals surface area (Å²) in [7, 11) is 0. The van der Waals surface area contributed by atoms with Gasteiger partial charge in [-0.2, -0.15) is 0 Å². The molecule has 0 saturated heterocycles. The molecular formula is C14H9ClFNO3S. The Labute approximate surface area is 127 Å². The van der Waals surface area contributed by atoms with Crippen LogP contribution in [-0.2, 0) is 0 Å². The lowest BCUT2D eigenvalue weighted by Crippen LogP contribution is -2.17. The minimum atomic E-state index is -1.32. The summed E-state index contributed by atoms with van der Waals surface area (Å²) in [6.45, 7) is 3.64. The summed E-state index contributed by atoms with van der Waals surface area (Å²) in [5.41, 5.74) is 0.165. The van der Waals surface area contributed by atoms with Gasteiger partial charge >= 0.3 is 5.97 Å². The Kier molecular flexibility index (Phi) is 3.04. The predicted octanol–water partition coefficient (Wildman–Crippen LogP) is 3.62. The number of carbonyl (C=O) groups is 1. The van der Waals surface area contributed by atoms with Gasteiger partial charge in [0.05, 0.1) is 15.9 Å². The molecule has 0 spiro atoms. The van der Waals surface area contributed by atoms with E-state index in [0.717, 1.165) is 16.6 Å². The molecule has 21 heavy (non-hydrogen) atoms. The summed E-state index contributed by atoms with van der Waals surface area (Å²) in [5, 5.41) is 9.22. The van der Waals surface area contributed by atoms with Gasteiger partial charge in [0, 0.05) is 10.6 Å². The molecule has 7 heteroatoms. The average molecular weight is 326 g/mol. The Bertz CT molecular complexity index is 990. The van der Waals surface area contributed by atoms with E-state index in [-0.39, 0.29) is 16.0 Å². The number of hydrogen-bond acceptors (Lipinski definition) is 3. The smallest absolute Gasteiger partial charge is 0.342 e. The summed E-state index contributed by atoms with van der Waals surface area (Å²) in [6, 6.07) is 2.34. The van der Waals surface area contributed by atoms with Crippen LogP contribution < -0.4 is 5.43 Å². The van der Waals surface area contributed by atoms with Gasteiger partial charge in [-0.15, -0.1) is 11.3 Å². The molecule has 0 aliphatic heterocycles. The van der Waals surface area contributed by atoms with E-state index in [1.54, 1.807) is 4.40 Å². The molecule has 1 aromatic carbocycles. The van der Waals surface area contributed by atoms with Crippen molar-refractivity contribution in [1.29, 1.82) is 0 Å². The molecule has 0 aliphatic carbocycles. The predicted molar refractivity (Wildman–Crippen MR) is 80.5 cm³/mol. The Morgan fingerprint density at radius 2 is 2.05 bits per heavy atom. The first-order valence-corrected chi connectivity index (χ1v) is 7.19. The van der Waals surface area contributed by atoms with Crippen molar-refractivity contribution in [3.05, 3.63) is 49.3 Å². The molecule has 0 fully saturated rings. The van der Waals surface area contributed by atoms with E-state index < -0.39 is 17.2 Å². The van der Waals surface area contributed by atoms with Crippen molar-refractivity contribution in [3.8, 4) is 0 Å². The lowest BCUT2D eigenvalue weighted by Gasteiger charge is -2.08. The zero-order valence-corrected chi connectivity index (χ0v) is 12.6. The summed E-state index contributed by atoms with van der Waals surface area (Å²) >= 11 is 7.02. The monoisotopic (exact) mass is 325 g/mol. The Hall–Kier alpha value is -1.92. The zero-order chi connectivity index (χ0) is 15.5. The van der Waals surface area contributed by atoms with Gasteiger partial charge in [0.25, 0.3) is 0 Å². The Morgan fingerprint density at radius 1 is 1.38 bits per heavy atom. The number of halogens is 2. The minimum Gasteiger partial charge on any atom is -0.477 e. The van der Waals surface area contributed by atoms with E-state index in [1.165, 1.54) is 17.4 Å². The molecule has 0 unspecified atom stereocenters. The first kappa shape index (κ1) is 14.0. The molecule has 2 heterocycles. The van der Waals surface area contributed by atoms with Crippen LogP contribution in [-0.4, -0.2) is 15.5 Å². The standard InChI is InChI=1S/C14H9ClFNO3S/c1-5-6(2)21-13-11(14(19)20)12(18)7-3-9(16)8(15)4-10(7)17(5)13/h3-4H,1-2H3,(H,19,20). The van der Waals surface area contributed by atoms with Crippen LogP contribution in [0.3, 0.4) is 0 Å². The third-order valence-corrected chi connectivity index (χ3v) is 4.95. The minimum absolute atomic E-state index is 0.00713. The molecule has 0 saturated carbocycles. The maximum atomic E-state index is 13.6. The van der Waals surface area contributed by atoms with Crippen LogP contribution >= 0.6 is 22.9 Å². The highest BCUT2D eigenvalue weighted by Gasteiger charge is 2.22. The van der Waals surface area contributed by atoms with Crippen LogP contribution in [0.1, 0.15) is 20.9 Å². The fourth-order valence-electron chi connectivity index (χ4n) is 2.35. The van der Waals surface area contributed by atoms with E-state index >= 15 is 0 Å². The number of fused-ring (bicyclic) bond motifs is 3. The van der Waals surface area contributed by atoms with Gasteiger partial charge in [0.1, 0.15) is 16.2 Å². The highest BCUT2D eigenvalue weighted by Crippen LogP contribution is 2.30. The van der Waals surface area contributed by atoms with Gasteiger partial charge in [0.2, 0.25) is 5.43 Å². The SMILES string of the molecule is Cc1sc2c(C(=O)O)c(=O)c3cc(F)c(Cl)cc3n2c1C. The first-order chi connectivity index (χ1) is 9.82. The van der Waals surface area contributed by atoms with Crippen molar-refractivity contribution in [1.82, 2.24) is 4.40 Å². The second-order valence-corrected chi connectivity index (χ2v) is 6.29. The number of thiazole rings is 1. The van der Waals surface area contributed by atoms with Gasteiger partial charge in [-0.3, -0.25) is 4.79 Å². The van der Waals surface area contributed by atoms with E-state index in [2.05, 4.69) is 0 Å². The van der Waals surface area contributed by atoms with Crippen LogP contribution in [0, 0.1) is 19.7 Å². The first-order valence-electron chi connectivity index (χ1n) is 5.99. The molecule has 108 valence electrons. The average Bonchev–Trinajstić information content (AvgIpc) is 2.68. The van der Waals surface area contributed by atoms with Crippen molar-refractivity contribution in [2.75, 3.05) is 0 Å². The maximum absolute atomic E-state index is 13.6. The van der Waals surface area contributed by atoms with Crippen molar-refractivity contribution in [2.45, 2.75) is 13.8 Å². The second kappa shape index (κ2) is 4.54. The molecule has 4 nitrogen and oxygen atoms in total. The van der Waals surface area contributed by atoms with E-state index in [1.807, 2.05) is 13.8 Å². The van der Waals surface area contributed by atoms with Gasteiger partial charge in [-0.25, -0.2) is 9.18 Å². The molecule has 0 amide bonds. The van der Waals surface area contributed by atoms with Crippen LogP contribution in [0.2, 0.25) is 5.02 Å². The quantitative estimate of drug-likeness (QED) is 0.743. The number of nitrogens with zero attached hydrogens (tertiary/aromatic N) is 1. The van der Waals surface area contributed by atoms with E-state index in [9.17, 15) is 19.1 Å². The molecule has 0 radical (unpaired) electrons. The van der Waals surface area contributed by atoms with Crippen molar-refractivity contribution < 1.29 is 14.3 Å². The normalized spacial score (nSPS) is 11.4. The van der Waals surface area contributed by atoms with Gasteiger partial charge in [0.15, 0.2) is 0 Å². The number of aryl methyl sites for hydroxylation is 2. The fraction of sp³-hybridized carbons (Fsp3) is 0.143. The molecule has 2 aromatic heterocycles. The number of pyridine rings is 1. The summed E-state index contributed by atoms with van der Waals surface area (Å²) < 4.78 is 15.3. The maximum Gasteiger partial charge on any atom is 0.342 e. The highest BCUT2D eigenvalue weighted by molar-refractivity contribution is 7.18. The van der Waals surface area contributed by atoms with Crippen LogP contribution in [0.5, 0.6) is 0 Å². The topological polar surface area (TPSA) is 58.8 Å². The number of benzene rings is 1. The van der Waals surface area contributed by atoms with Crippen LogP contribution in [0.4, 0.5) is 4.39 Å². The molecule has 1 N–H and O–H groups in total. The third-order valence-electron chi connectivity index (χ3n) is 3.48. The summed E-state index contributed by atoms with van der Waals surface area (Å²) in [5.74, 6) is -2.07. The molecule has 3 aromatic rings. The molecule has 0 atom stereocenters. The summed E-state index contributed by atoms with van der Waals surface area (Å²) in [6.07, 6.45) is 0. The van der Waals surface area contributed by atoms with E-state index in [0.29, 0.717) is 10.3 Å². The lowest BCUT2D eigenvalue weighted by molar-refractivity contribution is 0.0697. The molecule has 3 rings (SSSR count). The van der Waals surface area contributed by atoms with Crippen molar-refractivity contribution in [3.63, 3.8) is 0 Å². The zero-order valence-electron chi connectivity index (χ0n) is 11.0. The van der Waals surface area contributed by atoms with Crippen molar-refractivity contribution >= 4 is 44.6 Å². The Morgan fingerprint density at radius 3 is 2.67 bits per heavy atom. The number of rotatable bonds is 1. The molecule has 0 bridgehead atoms. The van der Waals surface area contributed by atoms with Crippen LogP contribution in [0.25, 0.3) is 15.7 Å². The van der Waals surface area contributed by atoms with Crippen LogP contribution in [0.15, 0.2) is 16.9 Å². The van der Waals surface area contributed by atoms with E-state index in [4.69, 9.17) is 11.6 Å². The number of aromatic carboxylic acids is 1. The highest BCUT2D eigenvalue weighted by atomic mass is 35.5. The number of carboxylic acids is 1. The van der Waals surface area contributed by atoms with Gasteiger partial charge in [-0.05, 0) is 26.0 Å². The molecular weight excluding hydrogens is 317 g/mol. The number of hydrogen-bond donors (Lipinski definition) is 1. The largest absolute Gasteiger partial charge is 0.477 e. The third kappa shape index (κ3) is 1.86.